The van der Waals surface area contributed by atoms with Crippen molar-refractivity contribution in [2.45, 2.75) is 24.7 Å². The fraction of sp³-hybridized carbons (Fsp3) is 0.167. The summed E-state index contributed by atoms with van der Waals surface area (Å²) in [6.45, 7) is 0. The standard InChI is InChI=1S/C24H22/c1-4-11-19(12-5-1)22-17-10-18-23(20-13-6-2-7-14-20)24(22)21-15-8-3-9-16-21/h1-9,11-17,23-24H,10,18H2/t23-,24-/m0/s1. The van der Waals surface area contributed by atoms with Crippen LogP contribution in [0.2, 0.25) is 0 Å². The molecular formula is C24H22. The van der Waals surface area contributed by atoms with Crippen LogP contribution in [0.3, 0.4) is 0 Å². The van der Waals surface area contributed by atoms with Crippen molar-refractivity contribution in [3.63, 3.8) is 0 Å². The average molecular weight is 310 g/mol. The van der Waals surface area contributed by atoms with Gasteiger partial charge in [0.1, 0.15) is 0 Å². The highest BCUT2D eigenvalue weighted by Gasteiger charge is 2.30. The molecule has 0 aromatic heterocycles. The predicted molar refractivity (Wildman–Crippen MR) is 102 cm³/mol. The van der Waals surface area contributed by atoms with Crippen molar-refractivity contribution in [3.8, 4) is 0 Å². The van der Waals surface area contributed by atoms with Crippen LogP contribution >= 0.6 is 0 Å². The topological polar surface area (TPSA) is 0 Å². The van der Waals surface area contributed by atoms with E-state index < -0.39 is 0 Å². The molecule has 0 N–H and O–H groups in total. The molecule has 0 radical (unpaired) electrons. The van der Waals surface area contributed by atoms with Gasteiger partial charge in [0.05, 0.1) is 0 Å². The number of hydrogen-bond donors (Lipinski definition) is 0. The second-order valence-corrected chi connectivity index (χ2v) is 6.51. The van der Waals surface area contributed by atoms with Crippen molar-refractivity contribution in [1.29, 1.82) is 0 Å². The number of hydrogen-bond acceptors (Lipinski definition) is 0. The molecule has 0 heterocycles. The van der Waals surface area contributed by atoms with Gasteiger partial charge in [-0.3, -0.25) is 0 Å². The van der Waals surface area contributed by atoms with E-state index in [-0.39, 0.29) is 0 Å². The SMILES string of the molecule is C1=C(c2ccccc2)[C@H](c2ccccc2)[C@H](c2ccccc2)CC1. The Kier molecular flexibility index (Phi) is 4.29. The van der Waals surface area contributed by atoms with Gasteiger partial charge in [-0.25, -0.2) is 0 Å². The maximum absolute atomic E-state index is 2.45. The van der Waals surface area contributed by atoms with Crippen LogP contribution in [0.1, 0.15) is 41.4 Å². The first-order valence-electron chi connectivity index (χ1n) is 8.79. The lowest BCUT2D eigenvalue weighted by Crippen LogP contribution is -2.17. The Morgan fingerprint density at radius 3 is 1.75 bits per heavy atom. The molecule has 0 aliphatic heterocycles. The van der Waals surface area contributed by atoms with Crippen LogP contribution in [0.15, 0.2) is 97.1 Å². The van der Waals surface area contributed by atoms with E-state index in [0.717, 1.165) is 6.42 Å². The molecule has 0 unspecified atom stereocenters. The molecule has 0 bridgehead atoms. The molecule has 0 heteroatoms. The highest BCUT2D eigenvalue weighted by Crippen LogP contribution is 2.48. The second kappa shape index (κ2) is 6.88. The first kappa shape index (κ1) is 15.0. The van der Waals surface area contributed by atoms with Gasteiger partial charge in [0.25, 0.3) is 0 Å². The third kappa shape index (κ3) is 2.92. The highest BCUT2D eigenvalue weighted by atomic mass is 14.3. The van der Waals surface area contributed by atoms with E-state index in [1.54, 1.807) is 0 Å². The summed E-state index contributed by atoms with van der Waals surface area (Å²) in [5.74, 6) is 0.957. The van der Waals surface area contributed by atoms with Crippen LogP contribution in [0, 0.1) is 0 Å². The summed E-state index contributed by atoms with van der Waals surface area (Å²) < 4.78 is 0. The van der Waals surface area contributed by atoms with Gasteiger partial charge in [-0.1, -0.05) is 97.1 Å². The van der Waals surface area contributed by atoms with Crippen LogP contribution in [0.25, 0.3) is 5.57 Å². The number of allylic oxidation sites excluding steroid dienone is 2. The maximum atomic E-state index is 2.45. The number of rotatable bonds is 3. The first-order chi connectivity index (χ1) is 11.9. The van der Waals surface area contributed by atoms with Crippen molar-refractivity contribution >= 4 is 5.57 Å². The molecular weight excluding hydrogens is 288 g/mol. The fourth-order valence-electron chi connectivity index (χ4n) is 3.99. The van der Waals surface area contributed by atoms with Gasteiger partial charge in [0.15, 0.2) is 0 Å². The molecule has 0 amide bonds. The normalized spacial score (nSPS) is 20.4. The maximum Gasteiger partial charge on any atom is 0.0161 e. The van der Waals surface area contributed by atoms with Crippen LogP contribution in [0.5, 0.6) is 0 Å². The molecule has 0 saturated heterocycles. The van der Waals surface area contributed by atoms with E-state index in [9.17, 15) is 0 Å². The van der Waals surface area contributed by atoms with Crippen molar-refractivity contribution in [3.05, 3.63) is 114 Å². The molecule has 1 aliphatic rings. The quantitative estimate of drug-likeness (QED) is 0.523. The lowest BCUT2D eigenvalue weighted by atomic mass is 9.70. The zero-order valence-electron chi connectivity index (χ0n) is 13.8. The summed E-state index contributed by atoms with van der Waals surface area (Å²) in [6.07, 6.45) is 4.81. The van der Waals surface area contributed by atoms with Crippen LogP contribution in [0.4, 0.5) is 0 Å². The molecule has 0 nitrogen and oxygen atoms in total. The molecule has 0 fully saturated rings. The lowest BCUT2D eigenvalue weighted by Gasteiger charge is -2.34. The molecule has 2 atom stereocenters. The van der Waals surface area contributed by atoms with E-state index in [4.69, 9.17) is 0 Å². The minimum absolute atomic E-state index is 0.421. The molecule has 1 aliphatic carbocycles. The van der Waals surface area contributed by atoms with E-state index in [0.29, 0.717) is 11.8 Å². The molecule has 4 rings (SSSR count). The van der Waals surface area contributed by atoms with E-state index in [2.05, 4.69) is 97.1 Å². The van der Waals surface area contributed by atoms with E-state index in [1.807, 2.05) is 0 Å². The van der Waals surface area contributed by atoms with Gasteiger partial charge < -0.3 is 0 Å². The van der Waals surface area contributed by atoms with Gasteiger partial charge >= 0.3 is 0 Å². The van der Waals surface area contributed by atoms with E-state index in [1.165, 1.54) is 28.7 Å². The zero-order valence-corrected chi connectivity index (χ0v) is 13.8. The summed E-state index contributed by atoms with van der Waals surface area (Å²) in [5, 5.41) is 0. The summed E-state index contributed by atoms with van der Waals surface area (Å²) in [6, 6.07) is 32.9. The Balaban J connectivity index is 1.83. The van der Waals surface area contributed by atoms with Crippen molar-refractivity contribution < 1.29 is 0 Å². The van der Waals surface area contributed by atoms with Gasteiger partial charge in [-0.05, 0) is 41.0 Å². The third-order valence-corrected chi connectivity index (χ3v) is 5.07. The summed E-state index contributed by atoms with van der Waals surface area (Å²) in [5.41, 5.74) is 5.70. The minimum Gasteiger partial charge on any atom is -0.0801 e. The first-order valence-corrected chi connectivity index (χ1v) is 8.79. The number of benzene rings is 3. The van der Waals surface area contributed by atoms with Crippen molar-refractivity contribution in [1.82, 2.24) is 0 Å². The second-order valence-electron chi connectivity index (χ2n) is 6.51. The Morgan fingerprint density at radius 1 is 0.583 bits per heavy atom. The van der Waals surface area contributed by atoms with Gasteiger partial charge in [-0.2, -0.15) is 0 Å². The van der Waals surface area contributed by atoms with Crippen LogP contribution in [-0.2, 0) is 0 Å². The van der Waals surface area contributed by atoms with Crippen LogP contribution in [-0.4, -0.2) is 0 Å². The van der Waals surface area contributed by atoms with Gasteiger partial charge in [0, 0.05) is 5.92 Å². The fourth-order valence-corrected chi connectivity index (χ4v) is 3.99. The zero-order chi connectivity index (χ0) is 16.2. The molecule has 0 spiro atoms. The third-order valence-electron chi connectivity index (χ3n) is 5.07. The minimum atomic E-state index is 0.421. The van der Waals surface area contributed by atoms with Crippen molar-refractivity contribution in [2.24, 2.45) is 0 Å². The van der Waals surface area contributed by atoms with Crippen LogP contribution < -0.4 is 0 Å². The molecule has 118 valence electrons. The van der Waals surface area contributed by atoms with Gasteiger partial charge in [-0.15, -0.1) is 0 Å². The predicted octanol–water partition coefficient (Wildman–Crippen LogP) is 6.43. The average Bonchev–Trinajstić information content (AvgIpc) is 2.69. The Bertz CT molecular complexity index is 800. The summed E-state index contributed by atoms with van der Waals surface area (Å²) >= 11 is 0. The molecule has 24 heavy (non-hydrogen) atoms. The summed E-state index contributed by atoms with van der Waals surface area (Å²) in [4.78, 5) is 0. The smallest absolute Gasteiger partial charge is 0.0161 e. The largest absolute Gasteiger partial charge is 0.0801 e. The van der Waals surface area contributed by atoms with Gasteiger partial charge in [0.2, 0.25) is 0 Å². The monoisotopic (exact) mass is 310 g/mol. The summed E-state index contributed by atoms with van der Waals surface area (Å²) in [7, 11) is 0. The molecule has 3 aromatic carbocycles. The Morgan fingerprint density at radius 2 is 1.12 bits per heavy atom. The highest BCUT2D eigenvalue weighted by molar-refractivity contribution is 5.73. The lowest BCUT2D eigenvalue weighted by molar-refractivity contribution is 0.565. The van der Waals surface area contributed by atoms with E-state index >= 15 is 0 Å². The van der Waals surface area contributed by atoms with Crippen molar-refractivity contribution in [2.75, 3.05) is 0 Å². The Hall–Kier alpha value is -2.60. The molecule has 0 saturated carbocycles. The Labute approximate surface area is 144 Å². The molecule has 3 aromatic rings.